The number of amides is 5. The van der Waals surface area contributed by atoms with Gasteiger partial charge in [-0.05, 0) is 42.8 Å². The second-order valence-corrected chi connectivity index (χ2v) is 14.4. The highest BCUT2D eigenvalue weighted by molar-refractivity contribution is 6.25. The Kier molecular flexibility index (Phi) is 12.3. The lowest BCUT2D eigenvalue weighted by Gasteiger charge is -2.27. The maximum Gasteiger partial charge on any atom is 0.417 e. The van der Waals surface area contributed by atoms with Crippen molar-refractivity contribution in [2.24, 2.45) is 5.41 Å². The van der Waals surface area contributed by atoms with E-state index in [1.54, 1.807) is 32.0 Å². The molecule has 2 N–H and O–H groups in total. The molecule has 0 radical (unpaired) electrons. The molecule has 6 rings (SSSR count). The quantitative estimate of drug-likeness (QED) is 0.119. The first-order valence-electron chi connectivity index (χ1n) is 18.3. The number of piperidine rings is 1. The molecule has 0 aromatic heterocycles. The second kappa shape index (κ2) is 17.2. The Morgan fingerprint density at radius 3 is 2.36 bits per heavy atom. The van der Waals surface area contributed by atoms with E-state index in [4.69, 9.17) is 24.2 Å². The van der Waals surface area contributed by atoms with Gasteiger partial charge >= 0.3 is 6.18 Å². The van der Waals surface area contributed by atoms with Gasteiger partial charge < -0.3 is 29.2 Å². The molecule has 0 aliphatic carbocycles. The van der Waals surface area contributed by atoms with Crippen molar-refractivity contribution < 1.29 is 60.5 Å². The van der Waals surface area contributed by atoms with Gasteiger partial charge in [0.05, 0.1) is 54.8 Å². The van der Waals surface area contributed by atoms with Crippen LogP contribution >= 0.6 is 0 Å². The number of nitrogens with one attached hydrogen (secondary N) is 2. The molecule has 3 aromatic carbocycles. The van der Waals surface area contributed by atoms with Crippen molar-refractivity contribution in [1.29, 1.82) is 5.26 Å². The van der Waals surface area contributed by atoms with Crippen LogP contribution in [0.2, 0.25) is 0 Å². The summed E-state index contributed by atoms with van der Waals surface area (Å²) in [5.41, 5.74) is -1.65. The molecule has 0 saturated carbocycles. The van der Waals surface area contributed by atoms with E-state index in [0.29, 0.717) is 18.3 Å². The number of benzene rings is 3. The standard InChI is InChI=1S/C40H39F4N5O9/c1-39(2)22-48(38(54)34(39)58-26-9-6-23(20-45)28(18-26)40(42,43)44)21-24-7-8-25(19-29(24)41)57-17-16-56-15-14-55-13-12-46-30-5-3-4-27-33(30)37(53)49(36(27)52)31-10-11-32(50)47-35(31)51/h3-9,18-19,31,34,46H,10-17,21-22H2,1-2H3,(H,47,50,51). The van der Waals surface area contributed by atoms with Crippen LogP contribution in [0, 0.1) is 22.6 Å². The maximum atomic E-state index is 15.1. The SMILES string of the molecule is CC1(C)CN(Cc2ccc(OCCOCCOCCNc3cccc4c3C(=O)N(C3CCC(=O)NC3=O)C4=O)cc2F)C(=O)C1Oc1ccc(C#N)c(C(F)(F)F)c1. The zero-order chi connectivity index (χ0) is 41.8. The summed E-state index contributed by atoms with van der Waals surface area (Å²) in [7, 11) is 0. The number of imide groups is 2. The van der Waals surface area contributed by atoms with Crippen molar-refractivity contribution >= 4 is 35.2 Å². The predicted molar refractivity (Wildman–Crippen MR) is 195 cm³/mol. The molecular formula is C40H39F4N5O9. The number of halogens is 4. The molecule has 2 atom stereocenters. The Balaban J connectivity index is 0.891. The highest BCUT2D eigenvalue weighted by atomic mass is 19.4. The van der Waals surface area contributed by atoms with E-state index < -0.39 is 70.2 Å². The zero-order valence-electron chi connectivity index (χ0n) is 31.4. The van der Waals surface area contributed by atoms with Gasteiger partial charge in [-0.1, -0.05) is 26.0 Å². The van der Waals surface area contributed by atoms with Gasteiger partial charge in [0.25, 0.3) is 17.7 Å². The minimum Gasteiger partial charge on any atom is -0.491 e. The molecule has 58 heavy (non-hydrogen) atoms. The van der Waals surface area contributed by atoms with E-state index >= 15 is 4.39 Å². The van der Waals surface area contributed by atoms with Crippen molar-refractivity contribution in [2.45, 2.75) is 51.6 Å². The van der Waals surface area contributed by atoms with E-state index in [9.17, 15) is 37.1 Å². The van der Waals surface area contributed by atoms with E-state index in [1.807, 2.05) is 0 Å². The van der Waals surface area contributed by atoms with Crippen molar-refractivity contribution in [3.63, 3.8) is 0 Å². The largest absolute Gasteiger partial charge is 0.491 e. The first-order chi connectivity index (χ1) is 27.6. The van der Waals surface area contributed by atoms with Gasteiger partial charge in [-0.2, -0.15) is 18.4 Å². The van der Waals surface area contributed by atoms with Crippen LogP contribution in [0.1, 0.15) is 64.1 Å². The van der Waals surface area contributed by atoms with Crippen LogP contribution in [0.4, 0.5) is 23.2 Å². The fraction of sp³-hybridized carbons (Fsp3) is 0.400. The summed E-state index contributed by atoms with van der Waals surface area (Å²) in [6, 6.07) is 12.3. The highest BCUT2D eigenvalue weighted by Gasteiger charge is 2.49. The molecule has 5 amide bonds. The molecule has 14 nitrogen and oxygen atoms in total. The summed E-state index contributed by atoms with van der Waals surface area (Å²) >= 11 is 0. The fourth-order valence-electron chi connectivity index (χ4n) is 6.97. The van der Waals surface area contributed by atoms with Crippen LogP contribution in [0.15, 0.2) is 54.6 Å². The monoisotopic (exact) mass is 809 g/mol. The Morgan fingerprint density at radius 2 is 1.66 bits per heavy atom. The maximum absolute atomic E-state index is 15.1. The number of carbonyl (C=O) groups is 5. The Labute approximate surface area is 329 Å². The Hall–Kier alpha value is -6.06. The van der Waals surface area contributed by atoms with Gasteiger partial charge in [0.1, 0.15) is 30.0 Å². The number of alkyl halides is 3. The van der Waals surface area contributed by atoms with Crippen molar-refractivity contribution in [1.82, 2.24) is 15.1 Å². The summed E-state index contributed by atoms with van der Waals surface area (Å²) in [4.78, 5) is 65.7. The number of nitriles is 1. The summed E-state index contributed by atoms with van der Waals surface area (Å²) in [6.07, 6.45) is -5.86. The molecule has 306 valence electrons. The Bertz CT molecular complexity index is 2160. The average Bonchev–Trinajstić information content (AvgIpc) is 3.55. The molecule has 0 spiro atoms. The van der Waals surface area contributed by atoms with Gasteiger partial charge in [0.2, 0.25) is 11.8 Å². The summed E-state index contributed by atoms with van der Waals surface area (Å²) in [5.74, 6) is -3.48. The number of hydrogen-bond acceptors (Lipinski definition) is 11. The molecule has 3 aliphatic rings. The summed E-state index contributed by atoms with van der Waals surface area (Å²) < 4.78 is 77.9. The van der Waals surface area contributed by atoms with Crippen LogP contribution < -0.4 is 20.1 Å². The Morgan fingerprint density at radius 1 is 0.931 bits per heavy atom. The molecular weight excluding hydrogens is 770 g/mol. The van der Waals surface area contributed by atoms with Crippen LogP contribution in [-0.2, 0) is 36.6 Å². The third-order valence-corrected chi connectivity index (χ3v) is 9.80. The van der Waals surface area contributed by atoms with E-state index in [-0.39, 0.29) is 87.2 Å². The molecule has 18 heteroatoms. The number of fused-ring (bicyclic) bond motifs is 1. The van der Waals surface area contributed by atoms with Crippen LogP contribution in [0.25, 0.3) is 0 Å². The van der Waals surface area contributed by atoms with E-state index in [2.05, 4.69) is 10.6 Å². The smallest absolute Gasteiger partial charge is 0.417 e. The number of hydrogen-bond donors (Lipinski definition) is 2. The molecule has 2 unspecified atom stereocenters. The lowest BCUT2D eigenvalue weighted by molar-refractivity contribution is -0.138. The number of rotatable bonds is 16. The van der Waals surface area contributed by atoms with Crippen LogP contribution in [0.5, 0.6) is 11.5 Å². The molecule has 2 fully saturated rings. The minimum absolute atomic E-state index is 0.0245. The third kappa shape index (κ3) is 9.05. The number of carbonyl (C=O) groups excluding carboxylic acids is 5. The predicted octanol–water partition coefficient (Wildman–Crippen LogP) is 4.46. The molecule has 3 aromatic rings. The summed E-state index contributed by atoms with van der Waals surface area (Å²) in [6.45, 7) is 4.75. The van der Waals surface area contributed by atoms with Gasteiger partial charge in [-0.3, -0.25) is 34.2 Å². The third-order valence-electron chi connectivity index (χ3n) is 9.80. The number of nitrogens with zero attached hydrogens (tertiary/aromatic N) is 3. The minimum atomic E-state index is -4.79. The van der Waals surface area contributed by atoms with E-state index in [0.717, 1.165) is 11.0 Å². The van der Waals surface area contributed by atoms with E-state index in [1.165, 1.54) is 35.2 Å². The lowest BCUT2D eigenvalue weighted by Crippen LogP contribution is -2.54. The van der Waals surface area contributed by atoms with Gasteiger partial charge in [-0.25, -0.2) is 4.39 Å². The topological polar surface area (TPSA) is 177 Å². The van der Waals surface area contributed by atoms with Gasteiger partial charge in [-0.15, -0.1) is 0 Å². The number of anilines is 1. The van der Waals surface area contributed by atoms with Crippen molar-refractivity contribution in [3.05, 3.63) is 88.2 Å². The van der Waals surface area contributed by atoms with Crippen molar-refractivity contribution in [2.75, 3.05) is 51.4 Å². The normalized spacial score (nSPS) is 18.9. The molecule has 2 saturated heterocycles. The number of likely N-dealkylation sites (tertiary alicyclic amines) is 1. The zero-order valence-corrected chi connectivity index (χ0v) is 31.4. The van der Waals surface area contributed by atoms with Crippen LogP contribution in [-0.4, -0.2) is 97.6 Å². The van der Waals surface area contributed by atoms with Gasteiger partial charge in [0, 0.05) is 48.8 Å². The molecule has 3 heterocycles. The second-order valence-electron chi connectivity index (χ2n) is 14.4. The highest BCUT2D eigenvalue weighted by Crippen LogP contribution is 2.39. The average molecular weight is 810 g/mol. The summed E-state index contributed by atoms with van der Waals surface area (Å²) in [5, 5.41) is 14.3. The molecule has 3 aliphatic heterocycles. The first-order valence-corrected chi connectivity index (χ1v) is 18.3. The lowest BCUT2D eigenvalue weighted by atomic mass is 9.89. The van der Waals surface area contributed by atoms with Gasteiger partial charge in [0.15, 0.2) is 6.10 Å². The number of ether oxygens (including phenoxy) is 4. The van der Waals surface area contributed by atoms with Crippen molar-refractivity contribution in [3.8, 4) is 17.6 Å². The molecule has 0 bridgehead atoms. The first kappa shape index (κ1) is 41.6. The van der Waals surface area contributed by atoms with Crippen LogP contribution in [0.3, 0.4) is 0 Å². The fourth-order valence-corrected chi connectivity index (χ4v) is 6.97.